The smallest absolute Gasteiger partial charge is 0.294 e. The number of hydrogen-bond acceptors (Lipinski definition) is 7. The number of benzene rings is 2. The first-order chi connectivity index (χ1) is 15.0. The van der Waals surface area contributed by atoms with Crippen molar-refractivity contribution in [1.29, 1.82) is 0 Å². The highest BCUT2D eigenvalue weighted by Gasteiger charge is 2.20. The second-order valence-corrected chi connectivity index (χ2v) is 7.66. The fourth-order valence-electron chi connectivity index (χ4n) is 3.45. The maximum Gasteiger partial charge on any atom is 0.294 e. The Kier molecular flexibility index (Phi) is 4.66. The molecule has 10 nitrogen and oxygen atoms in total. The number of aromatic nitrogens is 4. The summed E-state index contributed by atoms with van der Waals surface area (Å²) in [6.07, 6.45) is 2.78. The molecular formula is C20H14BrN5O5. The second-order valence-electron chi connectivity index (χ2n) is 6.80. The van der Waals surface area contributed by atoms with E-state index >= 15 is 0 Å². The Morgan fingerprint density at radius 3 is 2.68 bits per heavy atom. The quantitative estimate of drug-likeness (QED) is 0.323. The van der Waals surface area contributed by atoms with E-state index in [1.54, 1.807) is 18.2 Å². The minimum absolute atomic E-state index is 0.126. The van der Waals surface area contributed by atoms with E-state index in [1.807, 2.05) is 12.1 Å². The van der Waals surface area contributed by atoms with Crippen LogP contribution in [0.4, 0.5) is 5.69 Å². The van der Waals surface area contributed by atoms with E-state index in [0.29, 0.717) is 24.7 Å². The van der Waals surface area contributed by atoms with Crippen LogP contribution in [0.25, 0.3) is 16.7 Å². The Morgan fingerprint density at radius 1 is 1.16 bits per heavy atom. The number of ether oxygens (including phenoxy) is 2. The van der Waals surface area contributed by atoms with E-state index in [4.69, 9.17) is 9.47 Å². The van der Waals surface area contributed by atoms with Gasteiger partial charge in [-0.3, -0.25) is 19.5 Å². The van der Waals surface area contributed by atoms with Gasteiger partial charge < -0.3 is 9.47 Å². The van der Waals surface area contributed by atoms with E-state index in [2.05, 4.69) is 26.0 Å². The lowest BCUT2D eigenvalue weighted by Gasteiger charge is -2.20. The van der Waals surface area contributed by atoms with E-state index < -0.39 is 4.92 Å². The number of nitrogens with zero attached hydrogens (tertiary/aromatic N) is 5. The summed E-state index contributed by atoms with van der Waals surface area (Å²) in [5, 5.41) is 15.8. The SMILES string of the molecule is O=c1c2cnn(-c3ccccc3[N+](=O)[O-])c2ncn1Cc1cc2c(cc1Br)OCCO2. The number of halogens is 1. The molecule has 2 aromatic heterocycles. The largest absolute Gasteiger partial charge is 0.486 e. The van der Waals surface area contributed by atoms with Gasteiger partial charge in [0.2, 0.25) is 0 Å². The highest BCUT2D eigenvalue weighted by atomic mass is 79.9. The van der Waals surface area contributed by atoms with Crippen LogP contribution < -0.4 is 15.0 Å². The summed E-state index contributed by atoms with van der Waals surface area (Å²) in [7, 11) is 0. The predicted molar refractivity (Wildman–Crippen MR) is 114 cm³/mol. The minimum atomic E-state index is -0.497. The van der Waals surface area contributed by atoms with Crippen LogP contribution in [0.2, 0.25) is 0 Å². The van der Waals surface area contributed by atoms with Gasteiger partial charge in [-0.2, -0.15) is 5.10 Å². The molecule has 0 radical (unpaired) electrons. The molecule has 0 unspecified atom stereocenters. The minimum Gasteiger partial charge on any atom is -0.486 e. The zero-order chi connectivity index (χ0) is 21.5. The topological polar surface area (TPSA) is 114 Å². The number of rotatable bonds is 4. The van der Waals surface area contributed by atoms with Crippen LogP contribution in [0.15, 0.2) is 58.2 Å². The van der Waals surface area contributed by atoms with Gasteiger partial charge in [0, 0.05) is 10.5 Å². The third kappa shape index (κ3) is 3.32. The molecule has 0 saturated heterocycles. The molecular weight excluding hydrogens is 470 g/mol. The van der Waals surface area contributed by atoms with Crippen molar-refractivity contribution in [3.8, 4) is 17.2 Å². The molecule has 0 spiro atoms. The van der Waals surface area contributed by atoms with Gasteiger partial charge in [0.25, 0.3) is 11.2 Å². The van der Waals surface area contributed by atoms with Crippen LogP contribution in [0, 0.1) is 10.1 Å². The highest BCUT2D eigenvalue weighted by molar-refractivity contribution is 9.10. The molecule has 0 fully saturated rings. The van der Waals surface area contributed by atoms with Crippen LogP contribution in [-0.2, 0) is 6.54 Å². The van der Waals surface area contributed by atoms with Gasteiger partial charge in [0.1, 0.15) is 30.6 Å². The monoisotopic (exact) mass is 483 g/mol. The van der Waals surface area contributed by atoms with Gasteiger partial charge >= 0.3 is 0 Å². The van der Waals surface area contributed by atoms with Crippen LogP contribution in [-0.4, -0.2) is 37.5 Å². The number of nitro benzene ring substituents is 1. The molecule has 0 aliphatic carbocycles. The van der Waals surface area contributed by atoms with Gasteiger partial charge in [0.15, 0.2) is 17.1 Å². The van der Waals surface area contributed by atoms with E-state index in [-0.39, 0.29) is 34.5 Å². The van der Waals surface area contributed by atoms with Crippen LogP contribution >= 0.6 is 15.9 Å². The molecule has 0 bridgehead atoms. The lowest BCUT2D eigenvalue weighted by molar-refractivity contribution is -0.384. The van der Waals surface area contributed by atoms with Crippen molar-refractivity contribution in [2.75, 3.05) is 13.2 Å². The van der Waals surface area contributed by atoms with Crippen molar-refractivity contribution in [1.82, 2.24) is 19.3 Å². The van der Waals surface area contributed by atoms with Gasteiger partial charge in [-0.05, 0) is 23.8 Å². The van der Waals surface area contributed by atoms with Gasteiger partial charge in [0.05, 0.1) is 17.7 Å². The molecule has 0 amide bonds. The van der Waals surface area contributed by atoms with Gasteiger partial charge in [-0.15, -0.1) is 0 Å². The van der Waals surface area contributed by atoms with Crippen LogP contribution in [0.5, 0.6) is 11.5 Å². The molecule has 3 heterocycles. The van der Waals surface area contributed by atoms with Gasteiger partial charge in [-0.25, -0.2) is 9.67 Å². The zero-order valence-corrected chi connectivity index (χ0v) is 17.5. The lowest BCUT2D eigenvalue weighted by atomic mass is 10.2. The standard InChI is InChI=1S/C20H14BrN5O5/c21-14-8-18-17(30-5-6-31-18)7-12(14)10-24-11-22-19-13(20(24)27)9-23-25(19)15-3-1-2-4-16(15)26(28)29/h1-4,7-9,11H,5-6,10H2. The van der Waals surface area contributed by atoms with Crippen LogP contribution in [0.1, 0.15) is 5.56 Å². The fourth-order valence-corrected chi connectivity index (χ4v) is 3.89. The molecule has 4 aromatic rings. The number of para-hydroxylation sites is 2. The molecule has 156 valence electrons. The average molecular weight is 484 g/mol. The van der Waals surface area contributed by atoms with E-state index in [9.17, 15) is 14.9 Å². The summed E-state index contributed by atoms with van der Waals surface area (Å²) in [5.41, 5.74) is 0.868. The molecule has 5 rings (SSSR count). The predicted octanol–water partition coefficient (Wildman–Crippen LogP) is 3.07. The summed E-state index contributed by atoms with van der Waals surface area (Å²) in [6.45, 7) is 1.20. The van der Waals surface area contributed by atoms with Crippen molar-refractivity contribution >= 4 is 32.7 Å². The summed E-state index contributed by atoms with van der Waals surface area (Å²) in [6, 6.07) is 9.81. The normalized spacial score (nSPS) is 12.8. The van der Waals surface area contributed by atoms with Gasteiger partial charge in [-0.1, -0.05) is 28.1 Å². The summed E-state index contributed by atoms with van der Waals surface area (Å²) in [5.74, 6) is 1.27. The first-order valence-corrected chi connectivity index (χ1v) is 10.1. The van der Waals surface area contributed by atoms with Crippen molar-refractivity contribution in [3.63, 3.8) is 0 Å². The third-order valence-electron chi connectivity index (χ3n) is 4.91. The van der Waals surface area contributed by atoms with E-state index in [0.717, 1.165) is 10.0 Å². The summed E-state index contributed by atoms with van der Waals surface area (Å²) >= 11 is 3.51. The first-order valence-electron chi connectivity index (χ1n) is 9.28. The van der Waals surface area contributed by atoms with E-state index in [1.165, 1.54) is 27.8 Å². The second kappa shape index (κ2) is 7.51. The lowest BCUT2D eigenvalue weighted by Crippen LogP contribution is -2.22. The Morgan fingerprint density at radius 2 is 1.90 bits per heavy atom. The fraction of sp³-hybridized carbons (Fsp3) is 0.150. The Bertz CT molecular complexity index is 1400. The zero-order valence-electron chi connectivity index (χ0n) is 15.9. The summed E-state index contributed by atoms with van der Waals surface area (Å²) < 4.78 is 14.7. The first kappa shape index (κ1) is 19.2. The Labute approximate surface area is 182 Å². The van der Waals surface area contributed by atoms with Crippen molar-refractivity contribution in [2.45, 2.75) is 6.54 Å². The molecule has 2 aromatic carbocycles. The number of nitro groups is 1. The Hall–Kier alpha value is -3.73. The average Bonchev–Trinajstić information content (AvgIpc) is 3.21. The highest BCUT2D eigenvalue weighted by Crippen LogP contribution is 2.35. The molecule has 1 aliphatic heterocycles. The molecule has 31 heavy (non-hydrogen) atoms. The van der Waals surface area contributed by atoms with Crippen LogP contribution in [0.3, 0.4) is 0 Å². The third-order valence-corrected chi connectivity index (χ3v) is 5.65. The molecule has 1 aliphatic rings. The molecule has 0 saturated carbocycles. The molecule has 0 atom stereocenters. The van der Waals surface area contributed by atoms with Crippen molar-refractivity contribution in [2.24, 2.45) is 0 Å². The molecule has 11 heteroatoms. The maximum absolute atomic E-state index is 13.1. The van der Waals surface area contributed by atoms with Crippen molar-refractivity contribution < 1.29 is 14.4 Å². The summed E-state index contributed by atoms with van der Waals surface area (Å²) in [4.78, 5) is 28.3. The number of hydrogen-bond donors (Lipinski definition) is 0. The maximum atomic E-state index is 13.1. The number of fused-ring (bicyclic) bond motifs is 2. The molecule has 0 N–H and O–H groups in total. The van der Waals surface area contributed by atoms with Crippen molar-refractivity contribution in [3.05, 3.63) is 79.4 Å². The Balaban J connectivity index is 1.56.